The Bertz CT molecular complexity index is 1760. The molecular formula is C31H24BrFN6O3S. The lowest BCUT2D eigenvalue weighted by molar-refractivity contribution is -0.130. The molecule has 0 radical (unpaired) electrons. The zero-order chi connectivity index (χ0) is 29.8. The number of carbonyl (C=O) groups is 2. The van der Waals surface area contributed by atoms with Gasteiger partial charge in [0, 0.05) is 16.6 Å². The number of para-hydroxylation sites is 1. The van der Waals surface area contributed by atoms with Crippen molar-refractivity contribution in [2.24, 2.45) is 5.10 Å². The van der Waals surface area contributed by atoms with Gasteiger partial charge in [-0.25, -0.2) is 9.40 Å². The molecule has 0 saturated carbocycles. The highest BCUT2D eigenvalue weighted by atomic mass is 79.9. The Morgan fingerprint density at radius 2 is 1.74 bits per heavy atom. The normalized spacial score (nSPS) is 14.5. The number of hydrogen-bond acceptors (Lipinski definition) is 7. The van der Waals surface area contributed by atoms with Crippen LogP contribution in [-0.2, 0) is 11.3 Å². The summed E-state index contributed by atoms with van der Waals surface area (Å²) in [4.78, 5) is 26.1. The van der Waals surface area contributed by atoms with E-state index in [9.17, 15) is 14.0 Å². The van der Waals surface area contributed by atoms with Gasteiger partial charge in [-0.15, -0.1) is 10.2 Å². The van der Waals surface area contributed by atoms with Gasteiger partial charge in [0.05, 0.1) is 30.3 Å². The second-order valence-corrected chi connectivity index (χ2v) is 11.4. The highest BCUT2D eigenvalue weighted by Crippen LogP contribution is 2.34. The zero-order valence-corrected chi connectivity index (χ0v) is 25.0. The van der Waals surface area contributed by atoms with Gasteiger partial charge in [-0.2, -0.15) is 5.10 Å². The van der Waals surface area contributed by atoms with Gasteiger partial charge >= 0.3 is 0 Å². The van der Waals surface area contributed by atoms with E-state index in [0.29, 0.717) is 17.4 Å². The number of benzene rings is 3. The Morgan fingerprint density at radius 1 is 0.977 bits per heavy atom. The molecule has 1 atom stereocenters. The molecule has 216 valence electrons. The molecule has 0 saturated heterocycles. The van der Waals surface area contributed by atoms with Crippen molar-refractivity contribution in [1.29, 1.82) is 0 Å². The summed E-state index contributed by atoms with van der Waals surface area (Å²) in [5.74, 6) is -0.254. The van der Waals surface area contributed by atoms with Crippen molar-refractivity contribution in [2.75, 3.05) is 5.75 Å². The molecule has 0 bridgehead atoms. The molecule has 5 aromatic rings. The molecule has 6 rings (SSSR count). The first-order valence-electron chi connectivity index (χ1n) is 13.3. The van der Waals surface area contributed by atoms with Gasteiger partial charge in [0.15, 0.2) is 16.7 Å². The van der Waals surface area contributed by atoms with E-state index in [-0.39, 0.29) is 41.7 Å². The van der Waals surface area contributed by atoms with Gasteiger partial charge in [-0.1, -0.05) is 70.2 Å². The Labute approximate surface area is 258 Å². The van der Waals surface area contributed by atoms with Crippen LogP contribution in [0, 0.1) is 5.82 Å². The molecular weight excluding hydrogens is 635 g/mol. The number of carbonyl (C=O) groups excluding carboxylic acids is 2. The summed E-state index contributed by atoms with van der Waals surface area (Å²) in [7, 11) is 0. The lowest BCUT2D eigenvalue weighted by Crippen LogP contribution is -2.28. The van der Waals surface area contributed by atoms with Crippen LogP contribution in [0.3, 0.4) is 0 Å². The number of furan rings is 1. The van der Waals surface area contributed by atoms with Crippen molar-refractivity contribution >= 4 is 45.2 Å². The smallest absolute Gasteiger partial charge is 0.287 e. The molecule has 0 spiro atoms. The van der Waals surface area contributed by atoms with Crippen LogP contribution in [-0.4, -0.2) is 43.1 Å². The maximum Gasteiger partial charge on any atom is 0.287 e. The van der Waals surface area contributed by atoms with Gasteiger partial charge in [0.25, 0.3) is 11.8 Å². The molecule has 0 unspecified atom stereocenters. The van der Waals surface area contributed by atoms with Crippen LogP contribution in [0.1, 0.15) is 40.0 Å². The first-order valence-corrected chi connectivity index (χ1v) is 15.1. The quantitative estimate of drug-likeness (QED) is 0.190. The second kappa shape index (κ2) is 12.8. The van der Waals surface area contributed by atoms with Crippen molar-refractivity contribution in [3.63, 3.8) is 0 Å². The molecule has 43 heavy (non-hydrogen) atoms. The van der Waals surface area contributed by atoms with Gasteiger partial charge in [-0.3, -0.25) is 14.2 Å². The predicted octanol–water partition coefficient (Wildman–Crippen LogP) is 6.16. The van der Waals surface area contributed by atoms with Crippen molar-refractivity contribution in [1.82, 2.24) is 25.1 Å². The van der Waals surface area contributed by atoms with Gasteiger partial charge in [0.1, 0.15) is 5.82 Å². The van der Waals surface area contributed by atoms with Crippen LogP contribution in [0.15, 0.2) is 116 Å². The number of rotatable bonds is 9. The minimum absolute atomic E-state index is 0.0263. The maximum atomic E-state index is 13.7. The lowest BCUT2D eigenvalue weighted by atomic mass is 9.98. The second-order valence-electron chi connectivity index (χ2n) is 9.58. The highest BCUT2D eigenvalue weighted by molar-refractivity contribution is 9.10. The largest absolute Gasteiger partial charge is 0.459 e. The lowest BCUT2D eigenvalue weighted by Gasteiger charge is -2.22. The topological polar surface area (TPSA) is 106 Å². The van der Waals surface area contributed by atoms with E-state index in [1.807, 2.05) is 54.6 Å². The average molecular weight is 660 g/mol. The summed E-state index contributed by atoms with van der Waals surface area (Å²) in [6.07, 6.45) is 1.92. The van der Waals surface area contributed by atoms with E-state index in [4.69, 9.17) is 9.52 Å². The summed E-state index contributed by atoms with van der Waals surface area (Å²) in [5, 5.41) is 18.1. The third-order valence-corrected chi connectivity index (χ3v) is 8.23. The van der Waals surface area contributed by atoms with E-state index in [1.165, 1.54) is 35.2 Å². The molecule has 0 fully saturated rings. The standard InChI is InChI=1S/C31H24BrFN6O3S/c32-22-12-8-20(9-13-22)25-17-26(21-10-14-23(33)15-11-21)39(37-25)29(40)19-43-31-36-35-28(38(31)24-5-2-1-3-6-24)18-34-30(41)27-7-4-16-42-27/h1-16,26H,17-19H2,(H,34,41)/t26-/m0/s1. The summed E-state index contributed by atoms with van der Waals surface area (Å²) in [6, 6.07) is 26.2. The minimum Gasteiger partial charge on any atom is -0.459 e. The number of nitrogens with zero attached hydrogens (tertiary/aromatic N) is 5. The minimum atomic E-state index is -0.383. The van der Waals surface area contributed by atoms with Gasteiger partial charge in [0.2, 0.25) is 0 Å². The molecule has 12 heteroatoms. The Kier molecular flexibility index (Phi) is 8.47. The fourth-order valence-corrected chi connectivity index (χ4v) is 5.78. The van der Waals surface area contributed by atoms with E-state index in [2.05, 4.69) is 31.4 Å². The van der Waals surface area contributed by atoms with E-state index >= 15 is 0 Å². The number of amides is 2. The number of halogens is 2. The Hall–Kier alpha value is -4.55. The Morgan fingerprint density at radius 3 is 2.47 bits per heavy atom. The number of hydrogen-bond donors (Lipinski definition) is 1. The van der Waals surface area contributed by atoms with Crippen molar-refractivity contribution in [3.05, 3.63) is 130 Å². The fourth-order valence-electron chi connectivity index (χ4n) is 4.69. The molecule has 3 aromatic carbocycles. The number of nitrogens with one attached hydrogen (secondary N) is 1. The van der Waals surface area contributed by atoms with Crippen LogP contribution in [0.5, 0.6) is 0 Å². The van der Waals surface area contributed by atoms with Crippen molar-refractivity contribution < 1.29 is 18.4 Å². The van der Waals surface area contributed by atoms with Crippen LogP contribution >= 0.6 is 27.7 Å². The maximum absolute atomic E-state index is 13.7. The summed E-state index contributed by atoms with van der Waals surface area (Å²) in [6.45, 7) is 0.0928. The average Bonchev–Trinajstić information content (AvgIpc) is 3.80. The van der Waals surface area contributed by atoms with E-state index < -0.39 is 0 Å². The SMILES string of the molecule is O=C(NCc1nnc(SCC(=O)N2N=C(c3ccc(Br)cc3)C[C@H]2c2ccc(F)cc2)n1-c1ccccc1)c1ccco1. The van der Waals surface area contributed by atoms with Crippen LogP contribution in [0.2, 0.25) is 0 Å². The Balaban J connectivity index is 1.24. The molecule has 3 heterocycles. The molecule has 1 aliphatic rings. The summed E-state index contributed by atoms with van der Waals surface area (Å²) in [5.41, 5.74) is 3.24. The van der Waals surface area contributed by atoms with Crippen LogP contribution in [0.4, 0.5) is 4.39 Å². The van der Waals surface area contributed by atoms with Gasteiger partial charge < -0.3 is 9.73 Å². The van der Waals surface area contributed by atoms with Gasteiger partial charge in [-0.05, 0) is 59.7 Å². The monoisotopic (exact) mass is 658 g/mol. The number of aromatic nitrogens is 3. The molecule has 2 aromatic heterocycles. The van der Waals surface area contributed by atoms with E-state index in [1.54, 1.807) is 28.8 Å². The van der Waals surface area contributed by atoms with Crippen molar-refractivity contribution in [3.8, 4) is 5.69 Å². The fraction of sp³-hybridized carbons (Fsp3) is 0.129. The van der Waals surface area contributed by atoms with E-state index in [0.717, 1.165) is 27.0 Å². The first-order chi connectivity index (χ1) is 21.0. The number of thioether (sulfide) groups is 1. The third kappa shape index (κ3) is 6.45. The molecule has 1 aliphatic heterocycles. The molecule has 9 nitrogen and oxygen atoms in total. The van der Waals surface area contributed by atoms with Crippen molar-refractivity contribution in [2.45, 2.75) is 24.2 Å². The zero-order valence-electron chi connectivity index (χ0n) is 22.6. The summed E-state index contributed by atoms with van der Waals surface area (Å²) >= 11 is 4.68. The third-order valence-electron chi connectivity index (χ3n) is 6.79. The molecule has 0 aliphatic carbocycles. The van der Waals surface area contributed by atoms with Crippen LogP contribution < -0.4 is 5.32 Å². The first kappa shape index (κ1) is 28.6. The predicted molar refractivity (Wildman–Crippen MR) is 163 cm³/mol. The summed E-state index contributed by atoms with van der Waals surface area (Å²) < 4.78 is 21.6. The molecule has 2 amide bonds. The molecule has 1 N–H and O–H groups in total. The van der Waals surface area contributed by atoms with Crippen LogP contribution in [0.25, 0.3) is 5.69 Å². The number of hydrazone groups is 1. The highest BCUT2D eigenvalue weighted by Gasteiger charge is 2.33.